The first-order valence-electron chi connectivity index (χ1n) is 10.7. The highest BCUT2D eigenvalue weighted by atomic mass is 32.2. The number of nitrogens with zero attached hydrogens (tertiary/aromatic N) is 3. The molecular formula is C23H28N4O4S. The van der Waals surface area contributed by atoms with Gasteiger partial charge in [-0.3, -0.25) is 9.67 Å². The van der Waals surface area contributed by atoms with Gasteiger partial charge in [-0.15, -0.1) is 0 Å². The number of nitrogens with one attached hydrogen (secondary N) is 1. The van der Waals surface area contributed by atoms with Gasteiger partial charge in [-0.2, -0.15) is 5.10 Å². The van der Waals surface area contributed by atoms with Gasteiger partial charge in [-0.1, -0.05) is 51.0 Å². The highest BCUT2D eigenvalue weighted by Crippen LogP contribution is 2.26. The lowest BCUT2D eigenvalue weighted by atomic mass is 10.1. The zero-order valence-electron chi connectivity index (χ0n) is 18.3. The summed E-state index contributed by atoms with van der Waals surface area (Å²) in [7, 11) is -3.65. The molecule has 3 aromatic rings. The highest BCUT2D eigenvalue weighted by Gasteiger charge is 2.19. The van der Waals surface area contributed by atoms with Crippen LogP contribution in [0.5, 0.6) is 0 Å². The van der Waals surface area contributed by atoms with Crippen molar-refractivity contribution >= 4 is 16.0 Å². The van der Waals surface area contributed by atoms with Crippen LogP contribution in [-0.2, 0) is 23.0 Å². The van der Waals surface area contributed by atoms with Gasteiger partial charge in [-0.05, 0) is 36.6 Å². The maximum Gasteiger partial charge on any atom is 0.356 e. The van der Waals surface area contributed by atoms with Crippen molar-refractivity contribution in [1.82, 2.24) is 19.5 Å². The van der Waals surface area contributed by atoms with Gasteiger partial charge in [-0.25, -0.2) is 17.9 Å². The molecule has 9 heteroatoms. The molecule has 170 valence electrons. The van der Waals surface area contributed by atoms with Gasteiger partial charge >= 0.3 is 5.97 Å². The summed E-state index contributed by atoms with van der Waals surface area (Å²) >= 11 is 0. The van der Waals surface area contributed by atoms with Crippen LogP contribution in [0.25, 0.3) is 11.3 Å². The summed E-state index contributed by atoms with van der Waals surface area (Å²) in [4.78, 5) is 16.0. The highest BCUT2D eigenvalue weighted by molar-refractivity contribution is 7.89. The van der Waals surface area contributed by atoms with Crippen molar-refractivity contribution in [3.63, 3.8) is 0 Å². The molecule has 0 amide bonds. The fourth-order valence-electron chi connectivity index (χ4n) is 3.38. The summed E-state index contributed by atoms with van der Waals surface area (Å²) in [6.07, 6.45) is 4.94. The van der Waals surface area contributed by atoms with Gasteiger partial charge in [0.1, 0.15) is 0 Å². The Morgan fingerprint density at radius 3 is 2.56 bits per heavy atom. The van der Waals surface area contributed by atoms with E-state index in [0.717, 1.165) is 36.9 Å². The molecule has 0 saturated carbocycles. The average Bonchev–Trinajstić information content (AvgIpc) is 3.17. The summed E-state index contributed by atoms with van der Waals surface area (Å²) in [5.41, 5.74) is 2.79. The van der Waals surface area contributed by atoms with E-state index in [2.05, 4.69) is 14.8 Å². The fourth-order valence-corrected chi connectivity index (χ4v) is 4.67. The van der Waals surface area contributed by atoms with E-state index in [-0.39, 0.29) is 10.6 Å². The Morgan fingerprint density at radius 2 is 1.91 bits per heavy atom. The van der Waals surface area contributed by atoms with E-state index >= 15 is 0 Å². The number of carboxylic acid groups (broad SMARTS) is 1. The van der Waals surface area contributed by atoms with E-state index in [0.29, 0.717) is 24.3 Å². The Balaban J connectivity index is 1.85. The van der Waals surface area contributed by atoms with Crippen LogP contribution in [0.15, 0.2) is 53.6 Å². The molecule has 3 rings (SSSR count). The number of unbranched alkanes of at least 4 members (excludes halogenated alkanes) is 1. The van der Waals surface area contributed by atoms with Gasteiger partial charge < -0.3 is 5.11 Å². The Morgan fingerprint density at radius 1 is 1.12 bits per heavy atom. The first kappa shape index (κ1) is 23.6. The van der Waals surface area contributed by atoms with Crippen LogP contribution in [0.3, 0.4) is 0 Å². The lowest BCUT2D eigenvalue weighted by Crippen LogP contribution is -2.25. The van der Waals surface area contributed by atoms with Crippen molar-refractivity contribution in [3.8, 4) is 11.3 Å². The molecule has 0 aliphatic rings. The zero-order valence-corrected chi connectivity index (χ0v) is 19.1. The van der Waals surface area contributed by atoms with Gasteiger partial charge in [0.2, 0.25) is 10.0 Å². The van der Waals surface area contributed by atoms with Crippen molar-refractivity contribution in [2.45, 2.75) is 51.0 Å². The van der Waals surface area contributed by atoms with Gasteiger partial charge in [0.05, 0.1) is 17.1 Å². The Kier molecular flexibility index (Phi) is 7.76. The average molecular weight is 457 g/mol. The van der Waals surface area contributed by atoms with Crippen LogP contribution >= 0.6 is 0 Å². The monoisotopic (exact) mass is 456 g/mol. The first-order valence-corrected chi connectivity index (χ1v) is 12.2. The maximum atomic E-state index is 12.8. The molecule has 8 nitrogen and oxygen atoms in total. The number of carboxylic acids is 1. The van der Waals surface area contributed by atoms with Gasteiger partial charge in [0.15, 0.2) is 5.69 Å². The number of aromatic carboxylic acids is 1. The second-order valence-electron chi connectivity index (χ2n) is 7.53. The van der Waals surface area contributed by atoms with Gasteiger partial charge in [0.25, 0.3) is 0 Å². The molecule has 0 saturated heterocycles. The van der Waals surface area contributed by atoms with Crippen LogP contribution in [0.2, 0.25) is 0 Å². The van der Waals surface area contributed by atoms with Gasteiger partial charge in [0, 0.05) is 24.0 Å². The second-order valence-corrected chi connectivity index (χ2v) is 9.27. The molecule has 1 aromatic carbocycles. The summed E-state index contributed by atoms with van der Waals surface area (Å²) in [5, 5.41) is 13.4. The van der Waals surface area contributed by atoms with Crippen LogP contribution < -0.4 is 4.72 Å². The summed E-state index contributed by atoms with van der Waals surface area (Å²) in [6, 6.07) is 12.0. The third kappa shape index (κ3) is 5.60. The third-order valence-electron chi connectivity index (χ3n) is 5.02. The molecule has 0 aliphatic carbocycles. The molecule has 2 heterocycles. The minimum Gasteiger partial charge on any atom is -0.476 e. The van der Waals surface area contributed by atoms with E-state index in [1.54, 1.807) is 47.3 Å². The van der Waals surface area contributed by atoms with Crippen LogP contribution in [0, 0.1) is 0 Å². The molecule has 0 aliphatic heterocycles. The quantitative estimate of drug-likeness (QED) is 0.425. The number of hydrogen-bond acceptors (Lipinski definition) is 5. The number of aryl methyl sites for hydroxylation is 1. The van der Waals surface area contributed by atoms with E-state index in [4.69, 9.17) is 0 Å². The summed E-state index contributed by atoms with van der Waals surface area (Å²) < 4.78 is 29.9. The van der Waals surface area contributed by atoms with E-state index in [1.165, 1.54) is 0 Å². The Bertz CT molecular complexity index is 1170. The lowest BCUT2D eigenvalue weighted by Gasteiger charge is -2.12. The Labute approximate surface area is 188 Å². The van der Waals surface area contributed by atoms with E-state index < -0.39 is 16.0 Å². The number of benzene rings is 1. The predicted molar refractivity (Wildman–Crippen MR) is 122 cm³/mol. The van der Waals surface area contributed by atoms with Crippen molar-refractivity contribution in [3.05, 3.63) is 65.6 Å². The van der Waals surface area contributed by atoms with Crippen molar-refractivity contribution in [2.24, 2.45) is 0 Å². The molecule has 0 radical (unpaired) electrons. The number of aromatic nitrogens is 3. The minimum absolute atomic E-state index is 0.0211. The van der Waals surface area contributed by atoms with E-state index in [1.807, 2.05) is 19.9 Å². The van der Waals surface area contributed by atoms with Crippen LogP contribution in [0.4, 0.5) is 0 Å². The predicted octanol–water partition coefficient (Wildman–Crippen LogP) is 3.72. The number of carbonyl (C=O) groups is 1. The third-order valence-corrected chi connectivity index (χ3v) is 6.54. The van der Waals surface area contributed by atoms with Crippen molar-refractivity contribution in [1.29, 1.82) is 0 Å². The minimum atomic E-state index is -3.65. The molecule has 2 aromatic heterocycles. The molecule has 0 spiro atoms. The number of hydrogen-bond donors (Lipinski definition) is 2. The Hall–Kier alpha value is -3.04. The fraction of sp³-hybridized carbons (Fsp3) is 0.348. The van der Waals surface area contributed by atoms with Crippen LogP contribution in [0.1, 0.15) is 54.9 Å². The van der Waals surface area contributed by atoms with Crippen molar-refractivity contribution in [2.75, 3.05) is 6.54 Å². The summed E-state index contributed by atoms with van der Waals surface area (Å²) in [6.45, 7) is 4.80. The number of pyridine rings is 1. The number of sulfonamides is 1. The van der Waals surface area contributed by atoms with Crippen molar-refractivity contribution < 1.29 is 18.3 Å². The molecule has 0 unspecified atom stereocenters. The first-order chi connectivity index (χ1) is 15.4. The molecule has 0 bridgehead atoms. The summed E-state index contributed by atoms with van der Waals surface area (Å²) in [5.74, 6) is -1.06. The van der Waals surface area contributed by atoms with E-state index in [9.17, 15) is 18.3 Å². The van der Waals surface area contributed by atoms with Crippen LogP contribution in [-0.4, -0.2) is 40.8 Å². The maximum absolute atomic E-state index is 12.8. The zero-order chi connectivity index (χ0) is 23.1. The second kappa shape index (κ2) is 10.5. The smallest absolute Gasteiger partial charge is 0.356 e. The molecular weight excluding hydrogens is 428 g/mol. The topological polar surface area (TPSA) is 114 Å². The normalized spacial score (nSPS) is 11.6. The molecule has 0 atom stereocenters. The lowest BCUT2D eigenvalue weighted by molar-refractivity contribution is 0.0689. The number of rotatable bonds is 11. The molecule has 32 heavy (non-hydrogen) atoms. The standard InChI is InChI=1S/C23H28N4O4S/c1-3-5-13-25-32(30,31)22-10-7-6-9-19(22)20-12-11-17(15-24-20)16-27-18(8-4-2)14-21(26-27)23(28)29/h6-7,9-12,14-15,25H,3-5,8,13,16H2,1-2H3,(H,28,29). The molecule has 0 fully saturated rings. The molecule has 2 N–H and O–H groups in total. The largest absolute Gasteiger partial charge is 0.476 e. The SMILES string of the molecule is CCCCNS(=O)(=O)c1ccccc1-c1ccc(Cn2nc(C(=O)O)cc2CCC)cn1.